The number of nitrogens with zero attached hydrogens (tertiary/aromatic N) is 4. The molecule has 3 aromatic heterocycles. The summed E-state index contributed by atoms with van der Waals surface area (Å²) in [5, 5.41) is 5.63. The highest BCUT2D eigenvalue weighted by Crippen LogP contribution is 2.28. The van der Waals surface area contributed by atoms with Gasteiger partial charge in [-0.1, -0.05) is 18.2 Å². The van der Waals surface area contributed by atoms with Crippen LogP contribution in [0.1, 0.15) is 26.2 Å². The molecule has 1 atom stereocenters. The zero-order valence-electron chi connectivity index (χ0n) is 16.2. The average molecular weight is 390 g/mol. The Morgan fingerprint density at radius 2 is 2.17 bits per heavy atom. The van der Waals surface area contributed by atoms with Crippen molar-refractivity contribution >= 4 is 22.5 Å². The summed E-state index contributed by atoms with van der Waals surface area (Å²) in [4.78, 5) is 18.1. The Balaban J connectivity index is 1.35. The number of amides is 1. The van der Waals surface area contributed by atoms with Crippen LogP contribution < -0.4 is 4.74 Å². The molecule has 1 saturated heterocycles. The zero-order chi connectivity index (χ0) is 19.8. The maximum atomic E-state index is 11.7. The molecule has 0 N–H and O–H groups in total. The number of hydrogen-bond donors (Lipinski definition) is 0. The fourth-order valence-corrected chi connectivity index (χ4v) is 4.06. The standard InChI is InChI=1S/C22H22N4O3/c1-15(27)25-11-4-6-17(25)10-12-28-22-9-8-21-23-14-18(26(21)24-22)20-13-16-5-2-3-7-19(16)29-20/h2-3,5,7-9,13-14,17H,4,6,10-12H2,1H3/t17-/m0/s1. The van der Waals surface area contributed by atoms with Gasteiger partial charge < -0.3 is 14.1 Å². The highest BCUT2D eigenvalue weighted by atomic mass is 16.5. The molecule has 4 heterocycles. The summed E-state index contributed by atoms with van der Waals surface area (Å²) in [5.74, 6) is 1.38. The summed E-state index contributed by atoms with van der Waals surface area (Å²) in [6.07, 6.45) is 4.66. The molecule has 1 aromatic carbocycles. The van der Waals surface area contributed by atoms with E-state index in [0.29, 0.717) is 18.2 Å². The van der Waals surface area contributed by atoms with E-state index in [0.717, 1.165) is 48.1 Å². The third-order valence-corrected chi connectivity index (χ3v) is 5.50. The van der Waals surface area contributed by atoms with Gasteiger partial charge in [0.2, 0.25) is 11.8 Å². The molecule has 0 spiro atoms. The number of aromatic nitrogens is 3. The molecule has 0 bridgehead atoms. The van der Waals surface area contributed by atoms with E-state index < -0.39 is 0 Å². The number of benzene rings is 1. The van der Waals surface area contributed by atoms with Crippen molar-refractivity contribution in [3.63, 3.8) is 0 Å². The van der Waals surface area contributed by atoms with Crippen LogP contribution >= 0.6 is 0 Å². The first-order valence-electron chi connectivity index (χ1n) is 9.93. The number of imidazole rings is 1. The van der Waals surface area contributed by atoms with Gasteiger partial charge in [-0.15, -0.1) is 5.10 Å². The van der Waals surface area contributed by atoms with Crippen molar-refractivity contribution in [3.05, 3.63) is 48.7 Å². The molecule has 1 aliphatic heterocycles. The van der Waals surface area contributed by atoms with Crippen molar-refractivity contribution in [3.8, 4) is 17.3 Å². The quantitative estimate of drug-likeness (QED) is 0.516. The Bertz CT molecular complexity index is 1150. The van der Waals surface area contributed by atoms with E-state index >= 15 is 0 Å². The first-order valence-corrected chi connectivity index (χ1v) is 9.93. The Labute approximate surface area is 167 Å². The maximum absolute atomic E-state index is 11.7. The Hall–Kier alpha value is -3.35. The van der Waals surface area contributed by atoms with Gasteiger partial charge in [-0.3, -0.25) is 4.79 Å². The Morgan fingerprint density at radius 1 is 1.28 bits per heavy atom. The van der Waals surface area contributed by atoms with Crippen LogP contribution in [-0.2, 0) is 4.79 Å². The number of hydrogen-bond acceptors (Lipinski definition) is 5. The molecule has 1 aliphatic rings. The number of carbonyl (C=O) groups excluding carboxylic acids is 1. The SMILES string of the molecule is CC(=O)N1CCC[C@H]1CCOc1ccc2ncc(-c3cc4ccccc4o3)n2n1. The molecule has 148 valence electrons. The van der Waals surface area contributed by atoms with Crippen LogP contribution in [0.25, 0.3) is 28.1 Å². The van der Waals surface area contributed by atoms with Gasteiger partial charge in [-0.2, -0.15) is 0 Å². The molecule has 1 fully saturated rings. The summed E-state index contributed by atoms with van der Waals surface area (Å²) in [5.41, 5.74) is 2.34. The van der Waals surface area contributed by atoms with Crippen LogP contribution in [0, 0.1) is 0 Å². The lowest BCUT2D eigenvalue weighted by Crippen LogP contribution is -2.34. The van der Waals surface area contributed by atoms with E-state index in [1.165, 1.54) is 0 Å². The van der Waals surface area contributed by atoms with Gasteiger partial charge in [-0.05, 0) is 31.0 Å². The van der Waals surface area contributed by atoms with Gasteiger partial charge in [0.05, 0.1) is 12.8 Å². The minimum absolute atomic E-state index is 0.140. The molecule has 1 amide bonds. The van der Waals surface area contributed by atoms with Crippen molar-refractivity contribution in [1.29, 1.82) is 0 Å². The third kappa shape index (κ3) is 3.33. The first kappa shape index (κ1) is 17.7. The lowest BCUT2D eigenvalue weighted by atomic mass is 10.1. The Kier molecular flexibility index (Phi) is 4.42. The highest BCUT2D eigenvalue weighted by Gasteiger charge is 2.26. The summed E-state index contributed by atoms with van der Waals surface area (Å²) in [6, 6.07) is 13.8. The molecular formula is C22H22N4O3. The predicted molar refractivity (Wildman–Crippen MR) is 109 cm³/mol. The molecule has 0 radical (unpaired) electrons. The van der Waals surface area contributed by atoms with Crippen molar-refractivity contribution in [2.45, 2.75) is 32.2 Å². The number of fused-ring (bicyclic) bond motifs is 2. The minimum Gasteiger partial charge on any atom is -0.477 e. The van der Waals surface area contributed by atoms with Crippen LogP contribution in [-0.4, -0.2) is 44.6 Å². The first-order chi connectivity index (χ1) is 14.2. The Morgan fingerprint density at radius 3 is 3.03 bits per heavy atom. The van der Waals surface area contributed by atoms with E-state index in [-0.39, 0.29) is 11.9 Å². The average Bonchev–Trinajstić information content (AvgIpc) is 3.45. The fourth-order valence-electron chi connectivity index (χ4n) is 4.06. The number of likely N-dealkylation sites (tertiary alicyclic amines) is 1. The minimum atomic E-state index is 0.140. The second kappa shape index (κ2) is 7.24. The molecule has 29 heavy (non-hydrogen) atoms. The van der Waals surface area contributed by atoms with Crippen LogP contribution in [0.3, 0.4) is 0 Å². The van der Waals surface area contributed by atoms with Crippen molar-refractivity contribution in [2.24, 2.45) is 0 Å². The lowest BCUT2D eigenvalue weighted by Gasteiger charge is -2.23. The van der Waals surface area contributed by atoms with E-state index in [2.05, 4.69) is 10.1 Å². The van der Waals surface area contributed by atoms with Crippen LogP contribution in [0.4, 0.5) is 0 Å². The second-order valence-corrected chi connectivity index (χ2v) is 7.38. The van der Waals surface area contributed by atoms with Crippen LogP contribution in [0.2, 0.25) is 0 Å². The largest absolute Gasteiger partial charge is 0.477 e. The van der Waals surface area contributed by atoms with Crippen molar-refractivity contribution in [2.75, 3.05) is 13.2 Å². The van der Waals surface area contributed by atoms with E-state index in [4.69, 9.17) is 9.15 Å². The normalized spacial score (nSPS) is 16.7. The van der Waals surface area contributed by atoms with E-state index in [1.807, 2.05) is 47.4 Å². The summed E-state index contributed by atoms with van der Waals surface area (Å²) in [6.45, 7) is 3.00. The molecular weight excluding hydrogens is 368 g/mol. The van der Waals surface area contributed by atoms with Gasteiger partial charge in [0.1, 0.15) is 11.3 Å². The molecule has 7 nitrogen and oxygen atoms in total. The number of para-hydroxylation sites is 1. The summed E-state index contributed by atoms with van der Waals surface area (Å²) >= 11 is 0. The number of carbonyl (C=O) groups is 1. The van der Waals surface area contributed by atoms with Crippen molar-refractivity contribution in [1.82, 2.24) is 19.5 Å². The topological polar surface area (TPSA) is 72.9 Å². The molecule has 5 rings (SSSR count). The number of rotatable bonds is 5. The van der Waals surface area contributed by atoms with Crippen LogP contribution in [0.15, 0.2) is 53.1 Å². The van der Waals surface area contributed by atoms with Crippen molar-refractivity contribution < 1.29 is 13.9 Å². The van der Waals surface area contributed by atoms with Gasteiger partial charge in [0, 0.05) is 37.4 Å². The molecule has 0 aliphatic carbocycles. The van der Waals surface area contributed by atoms with Gasteiger partial charge in [0.25, 0.3) is 0 Å². The van der Waals surface area contributed by atoms with Gasteiger partial charge in [0.15, 0.2) is 11.4 Å². The predicted octanol–water partition coefficient (Wildman–Crippen LogP) is 3.92. The third-order valence-electron chi connectivity index (χ3n) is 5.50. The second-order valence-electron chi connectivity index (χ2n) is 7.38. The monoisotopic (exact) mass is 390 g/mol. The van der Waals surface area contributed by atoms with Gasteiger partial charge in [-0.25, -0.2) is 9.50 Å². The number of furan rings is 1. The summed E-state index contributed by atoms with van der Waals surface area (Å²) < 4.78 is 13.6. The van der Waals surface area contributed by atoms with Gasteiger partial charge >= 0.3 is 0 Å². The highest BCUT2D eigenvalue weighted by molar-refractivity contribution is 5.82. The molecule has 0 unspecified atom stereocenters. The lowest BCUT2D eigenvalue weighted by molar-refractivity contribution is -0.129. The zero-order valence-corrected chi connectivity index (χ0v) is 16.2. The fraction of sp³-hybridized carbons (Fsp3) is 0.318. The molecule has 7 heteroatoms. The molecule has 4 aromatic rings. The number of ether oxygens (including phenoxy) is 1. The van der Waals surface area contributed by atoms with E-state index in [9.17, 15) is 4.79 Å². The maximum Gasteiger partial charge on any atom is 0.231 e. The van der Waals surface area contributed by atoms with Crippen LogP contribution in [0.5, 0.6) is 5.88 Å². The smallest absolute Gasteiger partial charge is 0.231 e. The molecule has 0 saturated carbocycles. The summed E-state index contributed by atoms with van der Waals surface area (Å²) in [7, 11) is 0. The van der Waals surface area contributed by atoms with E-state index in [1.54, 1.807) is 17.6 Å².